The Labute approximate surface area is 164 Å². The van der Waals surface area contributed by atoms with Crippen LogP contribution in [-0.2, 0) is 13.0 Å². The zero-order valence-electron chi connectivity index (χ0n) is 15.6. The summed E-state index contributed by atoms with van der Waals surface area (Å²) >= 11 is 0. The summed E-state index contributed by atoms with van der Waals surface area (Å²) in [6.45, 7) is 1.17. The van der Waals surface area contributed by atoms with Crippen LogP contribution in [0.3, 0.4) is 0 Å². The van der Waals surface area contributed by atoms with Gasteiger partial charge in [-0.3, -0.25) is 9.59 Å². The second-order valence-corrected chi connectivity index (χ2v) is 6.93. The molecule has 0 bridgehead atoms. The summed E-state index contributed by atoms with van der Waals surface area (Å²) in [5.41, 5.74) is 4.49. The lowest BCUT2D eigenvalue weighted by Gasteiger charge is -2.29. The predicted octanol–water partition coefficient (Wildman–Crippen LogP) is 4.21. The number of carbonyl (C=O) groups excluding carboxylic acids is 2. The molecule has 0 aromatic heterocycles. The number of rotatable bonds is 4. The third-order valence-electron chi connectivity index (χ3n) is 5.05. The fraction of sp³-hybridized carbons (Fsp3) is 0.167. The number of para-hydroxylation sites is 1. The van der Waals surface area contributed by atoms with Crippen molar-refractivity contribution in [3.05, 3.63) is 101 Å². The van der Waals surface area contributed by atoms with Gasteiger partial charge in [-0.15, -0.1) is 0 Å². The molecule has 1 heterocycles. The third-order valence-corrected chi connectivity index (χ3v) is 5.05. The Kier molecular flexibility index (Phi) is 5.20. The Hall–Kier alpha value is -3.40. The standard InChI is InChI=1S/C24H22N2O2/c27-23(20-8-2-1-3-9-20)25-17-18-12-14-21(15-13-18)24(28)26-16-6-10-19-7-4-5-11-22(19)26/h1-5,7-9,11-15H,6,10,16-17H2,(H,25,27). The summed E-state index contributed by atoms with van der Waals surface area (Å²) in [5.74, 6) is -0.0855. The highest BCUT2D eigenvalue weighted by atomic mass is 16.2. The van der Waals surface area contributed by atoms with Crippen molar-refractivity contribution in [3.63, 3.8) is 0 Å². The maximum Gasteiger partial charge on any atom is 0.258 e. The Morgan fingerprint density at radius 2 is 1.54 bits per heavy atom. The molecule has 0 spiro atoms. The SMILES string of the molecule is O=C(NCc1ccc(C(=O)N2CCCc3ccccc32)cc1)c1ccccc1. The van der Waals surface area contributed by atoms with Crippen LogP contribution in [0.4, 0.5) is 5.69 Å². The lowest BCUT2D eigenvalue weighted by molar-refractivity contribution is 0.0948. The Morgan fingerprint density at radius 3 is 2.32 bits per heavy atom. The number of amides is 2. The summed E-state index contributed by atoms with van der Waals surface area (Å²) in [6.07, 6.45) is 1.99. The van der Waals surface area contributed by atoms with E-state index in [1.165, 1.54) is 5.56 Å². The van der Waals surface area contributed by atoms with Gasteiger partial charge in [-0.2, -0.15) is 0 Å². The number of hydrogen-bond acceptors (Lipinski definition) is 2. The summed E-state index contributed by atoms with van der Waals surface area (Å²) in [4.78, 5) is 27.0. The monoisotopic (exact) mass is 370 g/mol. The summed E-state index contributed by atoms with van der Waals surface area (Å²) in [6, 6.07) is 24.7. The molecule has 4 heteroatoms. The first-order valence-electron chi connectivity index (χ1n) is 9.54. The lowest BCUT2D eigenvalue weighted by atomic mass is 10.0. The normalized spacial score (nSPS) is 12.9. The van der Waals surface area contributed by atoms with Crippen molar-refractivity contribution in [2.45, 2.75) is 19.4 Å². The first-order chi connectivity index (χ1) is 13.7. The van der Waals surface area contributed by atoms with E-state index in [0.717, 1.165) is 30.6 Å². The molecule has 1 aliphatic rings. The zero-order valence-corrected chi connectivity index (χ0v) is 15.6. The zero-order chi connectivity index (χ0) is 19.3. The minimum absolute atomic E-state index is 0.0204. The van der Waals surface area contributed by atoms with E-state index >= 15 is 0 Å². The highest BCUT2D eigenvalue weighted by Gasteiger charge is 2.23. The van der Waals surface area contributed by atoms with Crippen molar-refractivity contribution in [2.24, 2.45) is 0 Å². The first-order valence-corrected chi connectivity index (χ1v) is 9.54. The number of anilines is 1. The molecule has 0 saturated carbocycles. The van der Waals surface area contributed by atoms with Crippen LogP contribution in [0.2, 0.25) is 0 Å². The molecular weight excluding hydrogens is 348 g/mol. The number of aryl methyl sites for hydroxylation is 1. The van der Waals surface area contributed by atoms with Gasteiger partial charge < -0.3 is 10.2 Å². The van der Waals surface area contributed by atoms with Gasteiger partial charge in [0.15, 0.2) is 0 Å². The van der Waals surface area contributed by atoms with Crippen molar-refractivity contribution in [2.75, 3.05) is 11.4 Å². The van der Waals surface area contributed by atoms with E-state index in [4.69, 9.17) is 0 Å². The number of hydrogen-bond donors (Lipinski definition) is 1. The van der Waals surface area contributed by atoms with Crippen molar-refractivity contribution < 1.29 is 9.59 Å². The van der Waals surface area contributed by atoms with Crippen LogP contribution in [0.1, 0.15) is 38.3 Å². The van der Waals surface area contributed by atoms with E-state index < -0.39 is 0 Å². The molecule has 0 atom stereocenters. The number of fused-ring (bicyclic) bond motifs is 1. The Bertz CT molecular complexity index is 981. The minimum atomic E-state index is -0.106. The quantitative estimate of drug-likeness (QED) is 0.748. The van der Waals surface area contributed by atoms with E-state index in [1.54, 1.807) is 12.1 Å². The molecule has 4 nitrogen and oxygen atoms in total. The van der Waals surface area contributed by atoms with Gasteiger partial charge in [-0.05, 0) is 54.3 Å². The van der Waals surface area contributed by atoms with Crippen LogP contribution >= 0.6 is 0 Å². The average molecular weight is 370 g/mol. The van der Waals surface area contributed by atoms with Crippen LogP contribution in [0.15, 0.2) is 78.9 Å². The van der Waals surface area contributed by atoms with E-state index in [0.29, 0.717) is 17.7 Å². The van der Waals surface area contributed by atoms with Gasteiger partial charge in [-0.25, -0.2) is 0 Å². The van der Waals surface area contributed by atoms with Crippen molar-refractivity contribution in [1.82, 2.24) is 5.32 Å². The van der Waals surface area contributed by atoms with Gasteiger partial charge in [0, 0.05) is 29.9 Å². The molecule has 28 heavy (non-hydrogen) atoms. The van der Waals surface area contributed by atoms with E-state index in [2.05, 4.69) is 11.4 Å². The van der Waals surface area contributed by atoms with Gasteiger partial charge in [0.05, 0.1) is 0 Å². The van der Waals surface area contributed by atoms with Crippen LogP contribution in [-0.4, -0.2) is 18.4 Å². The van der Waals surface area contributed by atoms with Gasteiger partial charge in [-0.1, -0.05) is 48.5 Å². The highest BCUT2D eigenvalue weighted by molar-refractivity contribution is 6.06. The largest absolute Gasteiger partial charge is 0.348 e. The van der Waals surface area contributed by atoms with E-state index in [1.807, 2.05) is 65.6 Å². The minimum Gasteiger partial charge on any atom is -0.348 e. The maximum atomic E-state index is 13.0. The van der Waals surface area contributed by atoms with Crippen molar-refractivity contribution in [1.29, 1.82) is 0 Å². The number of nitrogens with one attached hydrogen (secondary N) is 1. The van der Waals surface area contributed by atoms with E-state index in [-0.39, 0.29) is 11.8 Å². The van der Waals surface area contributed by atoms with Crippen molar-refractivity contribution in [3.8, 4) is 0 Å². The van der Waals surface area contributed by atoms with Gasteiger partial charge in [0.2, 0.25) is 0 Å². The molecule has 2 amide bonds. The number of carbonyl (C=O) groups is 2. The molecule has 0 saturated heterocycles. The molecule has 1 aliphatic heterocycles. The molecular formula is C24H22N2O2. The van der Waals surface area contributed by atoms with Crippen LogP contribution in [0, 0.1) is 0 Å². The topological polar surface area (TPSA) is 49.4 Å². The van der Waals surface area contributed by atoms with E-state index in [9.17, 15) is 9.59 Å². The fourth-order valence-corrected chi connectivity index (χ4v) is 3.54. The van der Waals surface area contributed by atoms with Gasteiger partial charge >= 0.3 is 0 Å². The maximum absolute atomic E-state index is 13.0. The lowest BCUT2D eigenvalue weighted by Crippen LogP contribution is -2.35. The van der Waals surface area contributed by atoms with Crippen molar-refractivity contribution >= 4 is 17.5 Å². The molecule has 0 unspecified atom stereocenters. The molecule has 3 aromatic carbocycles. The average Bonchev–Trinajstić information content (AvgIpc) is 2.77. The second-order valence-electron chi connectivity index (χ2n) is 6.93. The summed E-state index contributed by atoms with van der Waals surface area (Å²) in [5, 5.41) is 2.91. The Morgan fingerprint density at radius 1 is 0.821 bits per heavy atom. The van der Waals surface area contributed by atoms with Crippen LogP contribution < -0.4 is 10.2 Å². The molecule has 140 valence electrons. The molecule has 1 N–H and O–H groups in total. The van der Waals surface area contributed by atoms with Crippen LogP contribution in [0.5, 0.6) is 0 Å². The third kappa shape index (κ3) is 3.81. The van der Waals surface area contributed by atoms with Gasteiger partial charge in [0.1, 0.15) is 0 Å². The van der Waals surface area contributed by atoms with Crippen LogP contribution in [0.25, 0.3) is 0 Å². The number of benzene rings is 3. The molecule has 4 rings (SSSR count). The molecule has 0 radical (unpaired) electrons. The summed E-state index contributed by atoms with van der Waals surface area (Å²) < 4.78 is 0. The fourth-order valence-electron chi connectivity index (χ4n) is 3.54. The predicted molar refractivity (Wildman–Crippen MR) is 110 cm³/mol. The smallest absolute Gasteiger partial charge is 0.258 e. The highest BCUT2D eigenvalue weighted by Crippen LogP contribution is 2.28. The Balaban J connectivity index is 1.42. The number of nitrogens with zero attached hydrogens (tertiary/aromatic N) is 1. The molecule has 3 aromatic rings. The second kappa shape index (κ2) is 8.09. The summed E-state index contributed by atoms with van der Waals surface area (Å²) in [7, 11) is 0. The molecule has 0 aliphatic carbocycles. The van der Waals surface area contributed by atoms with Gasteiger partial charge in [0.25, 0.3) is 11.8 Å². The molecule has 0 fully saturated rings. The first kappa shape index (κ1) is 18.0.